The van der Waals surface area contributed by atoms with E-state index in [9.17, 15) is 4.79 Å². The maximum atomic E-state index is 12.7. The van der Waals surface area contributed by atoms with Crippen LogP contribution in [0.15, 0.2) is 42.0 Å². The van der Waals surface area contributed by atoms with E-state index >= 15 is 0 Å². The molecular formula is C22H31NO2. The fraction of sp³-hybridized carbons (Fsp3) is 0.591. The molecule has 136 valence electrons. The van der Waals surface area contributed by atoms with E-state index in [1.165, 1.54) is 38.5 Å². The highest BCUT2D eigenvalue weighted by atomic mass is 16.6. The molecule has 0 aliphatic carbocycles. The van der Waals surface area contributed by atoms with Gasteiger partial charge in [-0.2, -0.15) is 0 Å². The normalized spacial score (nSPS) is 22.4. The van der Waals surface area contributed by atoms with Gasteiger partial charge in [0, 0.05) is 6.04 Å². The summed E-state index contributed by atoms with van der Waals surface area (Å²) in [6.45, 7) is 2.62. The van der Waals surface area contributed by atoms with Crippen LogP contribution >= 0.6 is 0 Å². The van der Waals surface area contributed by atoms with E-state index in [4.69, 9.17) is 4.74 Å². The predicted molar refractivity (Wildman–Crippen MR) is 101 cm³/mol. The van der Waals surface area contributed by atoms with Gasteiger partial charge in [0.15, 0.2) is 0 Å². The molecule has 0 saturated carbocycles. The maximum absolute atomic E-state index is 12.7. The number of piperidine rings is 1. The third kappa shape index (κ3) is 4.87. The van der Waals surface area contributed by atoms with Gasteiger partial charge in [-0.05, 0) is 44.1 Å². The minimum atomic E-state index is -0.139. The van der Waals surface area contributed by atoms with Gasteiger partial charge < -0.3 is 4.74 Å². The molecule has 1 aromatic carbocycles. The Morgan fingerprint density at radius 1 is 1.16 bits per heavy atom. The molecule has 3 heteroatoms. The van der Waals surface area contributed by atoms with E-state index in [-0.39, 0.29) is 12.1 Å². The fourth-order valence-electron chi connectivity index (χ4n) is 4.16. The number of nitrogens with zero attached hydrogens (tertiary/aromatic N) is 1. The second-order valence-corrected chi connectivity index (χ2v) is 7.44. The molecule has 1 saturated heterocycles. The first-order valence-electron chi connectivity index (χ1n) is 9.96. The third-order valence-corrected chi connectivity index (χ3v) is 5.48. The van der Waals surface area contributed by atoms with Crippen molar-refractivity contribution in [3.05, 3.63) is 47.5 Å². The Morgan fingerprint density at radius 2 is 2.00 bits per heavy atom. The smallest absolute Gasteiger partial charge is 0.410 e. The lowest BCUT2D eigenvalue weighted by Gasteiger charge is -2.44. The van der Waals surface area contributed by atoms with Gasteiger partial charge in [0.1, 0.15) is 6.61 Å². The number of benzene rings is 1. The lowest BCUT2D eigenvalue weighted by Crippen LogP contribution is -2.51. The van der Waals surface area contributed by atoms with Gasteiger partial charge in [-0.1, -0.05) is 68.2 Å². The highest BCUT2D eigenvalue weighted by Gasteiger charge is 2.37. The minimum Gasteiger partial charge on any atom is -0.445 e. The SMILES string of the molecule is CCCCCCC1=CC2CCCC(C1)N2C(=O)OCc1ccccc1. The quantitative estimate of drug-likeness (QED) is 0.460. The Hall–Kier alpha value is -1.77. The molecular weight excluding hydrogens is 310 g/mol. The average Bonchev–Trinajstić information content (AvgIpc) is 2.63. The number of rotatable bonds is 7. The van der Waals surface area contributed by atoms with Crippen molar-refractivity contribution >= 4 is 6.09 Å². The van der Waals surface area contributed by atoms with Crippen LogP contribution in [-0.2, 0) is 11.3 Å². The molecule has 0 spiro atoms. The Balaban J connectivity index is 1.56. The number of unbranched alkanes of at least 4 members (excludes halogenated alkanes) is 3. The zero-order valence-corrected chi connectivity index (χ0v) is 15.5. The molecule has 0 aromatic heterocycles. The van der Waals surface area contributed by atoms with Crippen LogP contribution in [0.2, 0.25) is 0 Å². The number of fused-ring (bicyclic) bond motifs is 2. The summed E-state index contributed by atoms with van der Waals surface area (Å²) in [7, 11) is 0. The number of carbonyl (C=O) groups excluding carboxylic acids is 1. The topological polar surface area (TPSA) is 29.5 Å². The maximum Gasteiger partial charge on any atom is 0.410 e. The lowest BCUT2D eigenvalue weighted by molar-refractivity contribution is 0.0479. The van der Waals surface area contributed by atoms with Crippen LogP contribution in [0, 0.1) is 0 Å². The summed E-state index contributed by atoms with van der Waals surface area (Å²) >= 11 is 0. The van der Waals surface area contributed by atoms with Crippen LogP contribution in [0.1, 0.15) is 70.3 Å². The molecule has 2 atom stereocenters. The van der Waals surface area contributed by atoms with Gasteiger partial charge in [-0.3, -0.25) is 4.90 Å². The Bertz CT molecular complexity index is 581. The first kappa shape index (κ1) is 18.0. The molecule has 2 heterocycles. The van der Waals surface area contributed by atoms with Crippen LogP contribution in [0.25, 0.3) is 0 Å². The molecule has 0 N–H and O–H groups in total. The van der Waals surface area contributed by atoms with Crippen LogP contribution in [0.4, 0.5) is 4.79 Å². The standard InChI is InChI=1S/C22H31NO2/c1-2-3-4-6-12-19-15-20-13-9-14-21(16-19)23(20)22(24)25-17-18-10-7-5-8-11-18/h5,7-8,10-11,15,20-21H,2-4,6,9,12-14,16-17H2,1H3. The molecule has 3 nitrogen and oxygen atoms in total. The molecule has 2 bridgehead atoms. The molecule has 2 aliphatic heterocycles. The van der Waals surface area contributed by atoms with E-state index in [0.29, 0.717) is 12.6 Å². The van der Waals surface area contributed by atoms with Crippen molar-refractivity contribution in [3.8, 4) is 0 Å². The summed E-state index contributed by atoms with van der Waals surface area (Å²) in [4.78, 5) is 14.7. The van der Waals surface area contributed by atoms with Gasteiger partial charge >= 0.3 is 6.09 Å². The Labute approximate surface area is 152 Å². The highest BCUT2D eigenvalue weighted by molar-refractivity contribution is 5.69. The summed E-state index contributed by atoms with van der Waals surface area (Å²) in [5.74, 6) is 0. The number of hydrogen-bond acceptors (Lipinski definition) is 2. The van der Waals surface area contributed by atoms with Crippen LogP contribution in [0.5, 0.6) is 0 Å². The molecule has 1 amide bonds. The van der Waals surface area contributed by atoms with Gasteiger partial charge in [0.05, 0.1) is 6.04 Å². The van der Waals surface area contributed by atoms with Crippen molar-refractivity contribution in [2.45, 2.75) is 83.4 Å². The van der Waals surface area contributed by atoms with Crippen molar-refractivity contribution in [1.29, 1.82) is 0 Å². The van der Waals surface area contributed by atoms with E-state index in [0.717, 1.165) is 24.8 Å². The molecule has 25 heavy (non-hydrogen) atoms. The summed E-state index contributed by atoms with van der Waals surface area (Å²) in [5.41, 5.74) is 2.61. The highest BCUT2D eigenvalue weighted by Crippen LogP contribution is 2.35. The largest absolute Gasteiger partial charge is 0.445 e. The molecule has 3 rings (SSSR count). The minimum absolute atomic E-state index is 0.139. The summed E-state index contributed by atoms with van der Waals surface area (Å²) in [6.07, 6.45) is 13.1. The van der Waals surface area contributed by atoms with Gasteiger partial charge in [0.25, 0.3) is 0 Å². The number of carbonyl (C=O) groups is 1. The van der Waals surface area contributed by atoms with E-state index in [1.807, 2.05) is 35.2 Å². The first-order chi connectivity index (χ1) is 12.3. The van der Waals surface area contributed by atoms with Gasteiger partial charge in [-0.25, -0.2) is 4.79 Å². The van der Waals surface area contributed by atoms with Crippen LogP contribution in [0.3, 0.4) is 0 Å². The van der Waals surface area contributed by atoms with Crippen molar-refractivity contribution in [3.63, 3.8) is 0 Å². The van der Waals surface area contributed by atoms with E-state index in [1.54, 1.807) is 5.57 Å². The lowest BCUT2D eigenvalue weighted by atomic mass is 9.84. The number of ether oxygens (including phenoxy) is 1. The predicted octanol–water partition coefficient (Wildman–Crippen LogP) is 5.85. The summed E-state index contributed by atoms with van der Waals surface area (Å²) in [5, 5.41) is 0. The number of hydrogen-bond donors (Lipinski definition) is 0. The number of amides is 1. The fourth-order valence-corrected chi connectivity index (χ4v) is 4.16. The molecule has 2 aliphatic rings. The molecule has 1 fully saturated rings. The van der Waals surface area contributed by atoms with Crippen molar-refractivity contribution in [2.75, 3.05) is 0 Å². The molecule has 0 radical (unpaired) electrons. The second kappa shape index (κ2) is 9.07. The average molecular weight is 341 g/mol. The van der Waals surface area contributed by atoms with E-state index in [2.05, 4.69) is 13.0 Å². The van der Waals surface area contributed by atoms with Crippen LogP contribution in [-0.4, -0.2) is 23.1 Å². The Kier molecular flexibility index (Phi) is 6.55. The van der Waals surface area contributed by atoms with Crippen molar-refractivity contribution < 1.29 is 9.53 Å². The zero-order chi connectivity index (χ0) is 17.5. The van der Waals surface area contributed by atoms with Crippen molar-refractivity contribution in [1.82, 2.24) is 4.90 Å². The summed E-state index contributed by atoms with van der Waals surface area (Å²) < 4.78 is 5.61. The molecule has 1 aromatic rings. The van der Waals surface area contributed by atoms with Crippen molar-refractivity contribution in [2.24, 2.45) is 0 Å². The van der Waals surface area contributed by atoms with Gasteiger partial charge in [-0.15, -0.1) is 0 Å². The van der Waals surface area contributed by atoms with Crippen LogP contribution < -0.4 is 0 Å². The molecule has 2 unspecified atom stereocenters. The first-order valence-corrected chi connectivity index (χ1v) is 9.96. The Morgan fingerprint density at radius 3 is 2.76 bits per heavy atom. The monoisotopic (exact) mass is 341 g/mol. The van der Waals surface area contributed by atoms with Gasteiger partial charge in [0.2, 0.25) is 0 Å². The second-order valence-electron chi connectivity index (χ2n) is 7.44. The zero-order valence-electron chi connectivity index (χ0n) is 15.5. The summed E-state index contributed by atoms with van der Waals surface area (Å²) in [6, 6.07) is 10.5. The van der Waals surface area contributed by atoms with E-state index < -0.39 is 0 Å². The third-order valence-electron chi connectivity index (χ3n) is 5.48.